The maximum Gasteiger partial charge on any atom is 0.295 e. The van der Waals surface area contributed by atoms with Crippen LogP contribution in [0, 0.1) is 10.1 Å². The SMILES string of the molecule is O=C1S/C(=C/c2ccccc2)C(=O)N1CNc1cccc([N+](=O)[O-])c1. The summed E-state index contributed by atoms with van der Waals surface area (Å²) in [5, 5.41) is 13.3. The molecular weight excluding hydrogens is 342 g/mol. The van der Waals surface area contributed by atoms with Gasteiger partial charge in [-0.05, 0) is 29.5 Å². The Morgan fingerprint density at radius 3 is 2.60 bits per heavy atom. The number of nitrogens with zero attached hydrogens (tertiary/aromatic N) is 2. The zero-order chi connectivity index (χ0) is 17.8. The van der Waals surface area contributed by atoms with Gasteiger partial charge in [0.05, 0.1) is 16.5 Å². The largest absolute Gasteiger partial charge is 0.367 e. The van der Waals surface area contributed by atoms with Crippen molar-refractivity contribution in [1.82, 2.24) is 4.90 Å². The van der Waals surface area contributed by atoms with Crippen molar-refractivity contribution in [3.05, 3.63) is 75.2 Å². The van der Waals surface area contributed by atoms with Gasteiger partial charge < -0.3 is 5.32 Å². The maximum atomic E-state index is 12.4. The lowest BCUT2D eigenvalue weighted by Gasteiger charge is -2.14. The first-order valence-corrected chi connectivity index (χ1v) is 8.15. The van der Waals surface area contributed by atoms with Crippen LogP contribution in [0.2, 0.25) is 0 Å². The third-order valence-corrected chi connectivity index (χ3v) is 4.38. The summed E-state index contributed by atoms with van der Waals surface area (Å²) >= 11 is 0.870. The predicted octanol–water partition coefficient (Wildman–Crippen LogP) is 3.70. The van der Waals surface area contributed by atoms with Crippen molar-refractivity contribution in [2.45, 2.75) is 0 Å². The van der Waals surface area contributed by atoms with E-state index in [1.807, 2.05) is 30.3 Å². The average Bonchev–Trinajstić information content (AvgIpc) is 2.87. The summed E-state index contributed by atoms with van der Waals surface area (Å²) in [5.74, 6) is -0.392. The summed E-state index contributed by atoms with van der Waals surface area (Å²) in [4.78, 5) is 36.1. The minimum absolute atomic E-state index is 0.0576. The predicted molar refractivity (Wildman–Crippen MR) is 95.8 cm³/mol. The minimum Gasteiger partial charge on any atom is -0.367 e. The second kappa shape index (κ2) is 7.18. The van der Waals surface area contributed by atoms with Crippen molar-refractivity contribution in [2.75, 3.05) is 12.0 Å². The van der Waals surface area contributed by atoms with Crippen LogP contribution in [-0.2, 0) is 4.79 Å². The summed E-state index contributed by atoms with van der Waals surface area (Å²) < 4.78 is 0. The molecule has 0 atom stereocenters. The molecule has 2 aromatic carbocycles. The average molecular weight is 355 g/mol. The molecular formula is C17H13N3O4S. The fourth-order valence-electron chi connectivity index (χ4n) is 2.24. The lowest BCUT2D eigenvalue weighted by atomic mass is 10.2. The molecule has 2 amide bonds. The highest BCUT2D eigenvalue weighted by Crippen LogP contribution is 2.32. The van der Waals surface area contributed by atoms with Crippen molar-refractivity contribution in [3.8, 4) is 0 Å². The Balaban J connectivity index is 1.70. The normalized spacial score (nSPS) is 15.7. The fourth-order valence-corrected chi connectivity index (χ4v) is 3.08. The number of imide groups is 1. The van der Waals surface area contributed by atoms with Gasteiger partial charge >= 0.3 is 0 Å². The van der Waals surface area contributed by atoms with Crippen molar-refractivity contribution >= 4 is 40.4 Å². The molecule has 1 aliphatic heterocycles. The van der Waals surface area contributed by atoms with Gasteiger partial charge in [-0.2, -0.15) is 0 Å². The number of anilines is 1. The molecule has 1 saturated heterocycles. The highest BCUT2D eigenvalue weighted by atomic mass is 32.2. The Morgan fingerprint density at radius 2 is 1.88 bits per heavy atom. The lowest BCUT2D eigenvalue weighted by Crippen LogP contribution is -2.33. The summed E-state index contributed by atoms with van der Waals surface area (Å²) in [6.07, 6.45) is 1.66. The number of hydrogen-bond acceptors (Lipinski definition) is 6. The molecule has 126 valence electrons. The molecule has 0 aromatic heterocycles. The molecule has 0 unspecified atom stereocenters. The van der Waals surface area contributed by atoms with Crippen LogP contribution < -0.4 is 5.32 Å². The van der Waals surface area contributed by atoms with Crippen LogP contribution in [0.5, 0.6) is 0 Å². The highest BCUT2D eigenvalue weighted by Gasteiger charge is 2.34. The number of nitrogens with one attached hydrogen (secondary N) is 1. The summed E-state index contributed by atoms with van der Waals surface area (Å²) in [5.41, 5.74) is 1.23. The van der Waals surface area contributed by atoms with Crippen LogP contribution in [0.1, 0.15) is 5.56 Å². The van der Waals surface area contributed by atoms with Crippen LogP contribution in [-0.4, -0.2) is 27.6 Å². The number of nitro groups is 1. The Bertz CT molecular complexity index is 867. The van der Waals surface area contributed by atoms with Gasteiger partial charge in [0.1, 0.15) is 0 Å². The lowest BCUT2D eigenvalue weighted by molar-refractivity contribution is -0.384. The van der Waals surface area contributed by atoms with Gasteiger partial charge in [-0.15, -0.1) is 0 Å². The van der Waals surface area contributed by atoms with Gasteiger partial charge in [0.2, 0.25) is 0 Å². The Kier molecular flexibility index (Phi) is 4.80. The van der Waals surface area contributed by atoms with E-state index < -0.39 is 10.8 Å². The van der Waals surface area contributed by atoms with Gasteiger partial charge in [0.25, 0.3) is 16.8 Å². The number of benzene rings is 2. The van der Waals surface area contributed by atoms with Crippen LogP contribution in [0.4, 0.5) is 16.2 Å². The van der Waals surface area contributed by atoms with E-state index in [0.717, 1.165) is 22.2 Å². The van der Waals surface area contributed by atoms with Crippen molar-refractivity contribution in [3.63, 3.8) is 0 Å². The quantitative estimate of drug-likeness (QED) is 0.499. The van der Waals surface area contributed by atoms with E-state index in [0.29, 0.717) is 10.6 Å². The standard InChI is InChI=1S/C17H13N3O4S/c21-16-15(9-12-5-2-1-3-6-12)25-17(22)19(16)11-18-13-7-4-8-14(10-13)20(23)24/h1-10,18H,11H2/b15-9+. The zero-order valence-corrected chi connectivity index (χ0v) is 13.7. The Morgan fingerprint density at radius 1 is 1.12 bits per heavy atom. The number of carbonyl (C=O) groups excluding carboxylic acids is 2. The van der Waals surface area contributed by atoms with Crippen LogP contribution >= 0.6 is 11.8 Å². The van der Waals surface area contributed by atoms with Gasteiger partial charge in [-0.25, -0.2) is 0 Å². The second-order valence-corrected chi connectivity index (χ2v) is 6.16. The second-order valence-electron chi connectivity index (χ2n) is 5.16. The van der Waals surface area contributed by atoms with Crippen molar-refractivity contribution in [1.29, 1.82) is 0 Å². The van der Waals surface area contributed by atoms with Crippen LogP contribution in [0.25, 0.3) is 6.08 Å². The Hall–Kier alpha value is -3.13. The molecule has 1 heterocycles. The number of thioether (sulfide) groups is 1. The highest BCUT2D eigenvalue weighted by molar-refractivity contribution is 8.18. The number of nitro benzene ring substituents is 1. The molecule has 2 aromatic rings. The van der Waals surface area contributed by atoms with Crippen LogP contribution in [0.15, 0.2) is 59.5 Å². The summed E-state index contributed by atoms with van der Waals surface area (Å²) in [6.45, 7) is -0.0576. The maximum absolute atomic E-state index is 12.4. The first-order chi connectivity index (χ1) is 12.0. The fraction of sp³-hybridized carbons (Fsp3) is 0.0588. The van der Waals surface area contributed by atoms with E-state index in [4.69, 9.17) is 0 Å². The molecule has 0 spiro atoms. The van der Waals surface area contributed by atoms with Gasteiger partial charge in [-0.3, -0.25) is 24.6 Å². The summed E-state index contributed by atoms with van der Waals surface area (Å²) in [6, 6.07) is 15.1. The molecule has 1 fully saturated rings. The number of hydrogen-bond donors (Lipinski definition) is 1. The van der Waals surface area contributed by atoms with E-state index in [1.165, 1.54) is 18.2 Å². The van der Waals surface area contributed by atoms with E-state index >= 15 is 0 Å². The molecule has 0 bridgehead atoms. The molecule has 8 heteroatoms. The first kappa shape index (κ1) is 16.7. The minimum atomic E-state index is -0.506. The van der Waals surface area contributed by atoms with Crippen molar-refractivity contribution in [2.24, 2.45) is 0 Å². The molecule has 1 aliphatic rings. The van der Waals surface area contributed by atoms with Gasteiger partial charge in [-0.1, -0.05) is 36.4 Å². The Labute approximate surface area is 147 Å². The van der Waals surface area contributed by atoms with Gasteiger partial charge in [0.15, 0.2) is 0 Å². The molecule has 0 radical (unpaired) electrons. The van der Waals surface area contributed by atoms with E-state index in [9.17, 15) is 19.7 Å². The molecule has 1 N–H and O–H groups in total. The van der Waals surface area contributed by atoms with E-state index in [2.05, 4.69) is 5.32 Å². The monoisotopic (exact) mass is 355 g/mol. The number of carbonyl (C=O) groups is 2. The number of amides is 2. The molecule has 0 aliphatic carbocycles. The summed E-state index contributed by atoms with van der Waals surface area (Å²) in [7, 11) is 0. The zero-order valence-electron chi connectivity index (χ0n) is 12.9. The third kappa shape index (κ3) is 3.86. The number of non-ortho nitro benzene ring substituents is 1. The molecule has 3 rings (SSSR count). The third-order valence-electron chi connectivity index (χ3n) is 3.47. The molecule has 25 heavy (non-hydrogen) atoms. The number of rotatable bonds is 5. The van der Waals surface area contributed by atoms with E-state index in [1.54, 1.807) is 12.1 Å². The van der Waals surface area contributed by atoms with Gasteiger partial charge in [0, 0.05) is 17.8 Å². The van der Waals surface area contributed by atoms with Crippen LogP contribution in [0.3, 0.4) is 0 Å². The molecule has 7 nitrogen and oxygen atoms in total. The smallest absolute Gasteiger partial charge is 0.295 e. The topological polar surface area (TPSA) is 92.6 Å². The van der Waals surface area contributed by atoms with Crippen molar-refractivity contribution < 1.29 is 14.5 Å². The molecule has 0 saturated carbocycles. The first-order valence-electron chi connectivity index (χ1n) is 7.33. The van der Waals surface area contributed by atoms with E-state index in [-0.39, 0.29) is 17.6 Å².